The van der Waals surface area contributed by atoms with E-state index < -0.39 is 11.9 Å². The first-order chi connectivity index (χ1) is 8.58. The van der Waals surface area contributed by atoms with Gasteiger partial charge in [0.1, 0.15) is 11.6 Å². The average molecular weight is 313 g/mol. The van der Waals surface area contributed by atoms with Gasteiger partial charge < -0.3 is 5.11 Å². The van der Waals surface area contributed by atoms with Crippen molar-refractivity contribution in [2.24, 2.45) is 0 Å². The molecule has 0 spiro atoms. The van der Waals surface area contributed by atoms with Crippen molar-refractivity contribution in [3.05, 3.63) is 69.7 Å². The molecule has 0 saturated heterocycles. The molecule has 0 heterocycles. The molecule has 0 amide bonds. The second-order valence-electron chi connectivity index (χ2n) is 3.99. The van der Waals surface area contributed by atoms with Crippen molar-refractivity contribution in [3.63, 3.8) is 0 Å². The molecular weight excluding hydrogens is 302 g/mol. The van der Waals surface area contributed by atoms with Crippen molar-refractivity contribution in [1.29, 1.82) is 0 Å². The van der Waals surface area contributed by atoms with E-state index in [-0.39, 0.29) is 17.8 Å². The molecule has 2 aromatic rings. The van der Waals surface area contributed by atoms with Gasteiger partial charge in [-0.1, -0.05) is 24.3 Å². The summed E-state index contributed by atoms with van der Waals surface area (Å²) in [7, 11) is 0. The number of aliphatic hydroxyl groups excluding tert-OH is 1. The van der Waals surface area contributed by atoms with Crippen LogP contribution in [0.25, 0.3) is 0 Å². The Morgan fingerprint density at radius 3 is 2.56 bits per heavy atom. The zero-order valence-corrected chi connectivity index (χ0v) is 11.0. The summed E-state index contributed by atoms with van der Waals surface area (Å²) in [5.74, 6) is -0.851. The molecule has 2 rings (SSSR count). The Morgan fingerprint density at radius 2 is 1.83 bits per heavy atom. The van der Waals surface area contributed by atoms with Crippen LogP contribution in [0, 0.1) is 11.6 Å². The van der Waals surface area contributed by atoms with Gasteiger partial charge in [0.25, 0.3) is 0 Å². The van der Waals surface area contributed by atoms with E-state index in [2.05, 4.69) is 15.9 Å². The minimum atomic E-state index is -0.996. The van der Waals surface area contributed by atoms with Crippen LogP contribution in [0.1, 0.15) is 17.2 Å². The third-order valence-electron chi connectivity index (χ3n) is 2.66. The summed E-state index contributed by atoms with van der Waals surface area (Å²) >= 11 is 3.07. The van der Waals surface area contributed by atoms with E-state index in [9.17, 15) is 13.9 Å². The third-order valence-corrected chi connectivity index (χ3v) is 3.27. The highest BCUT2D eigenvalue weighted by atomic mass is 79.9. The molecule has 94 valence electrons. The number of aliphatic hydroxyl groups is 1. The fraction of sp³-hybridized carbons (Fsp3) is 0.143. The van der Waals surface area contributed by atoms with Crippen LogP contribution in [0.4, 0.5) is 8.78 Å². The molecule has 0 fully saturated rings. The van der Waals surface area contributed by atoms with Gasteiger partial charge in [-0.2, -0.15) is 0 Å². The summed E-state index contributed by atoms with van der Waals surface area (Å²) in [5, 5.41) is 9.99. The van der Waals surface area contributed by atoms with Gasteiger partial charge in [-0.3, -0.25) is 0 Å². The van der Waals surface area contributed by atoms with Gasteiger partial charge in [0.05, 0.1) is 10.6 Å². The van der Waals surface area contributed by atoms with Gasteiger partial charge in [0, 0.05) is 12.0 Å². The highest BCUT2D eigenvalue weighted by Gasteiger charge is 2.15. The predicted octanol–water partition coefficient (Wildman–Crippen LogP) is 4.00. The molecule has 0 aromatic heterocycles. The van der Waals surface area contributed by atoms with Crippen molar-refractivity contribution >= 4 is 15.9 Å². The van der Waals surface area contributed by atoms with E-state index in [0.29, 0.717) is 10.0 Å². The number of hydrogen-bond acceptors (Lipinski definition) is 1. The smallest absolute Gasteiger partial charge is 0.143 e. The first-order valence-electron chi connectivity index (χ1n) is 5.44. The van der Waals surface area contributed by atoms with Crippen LogP contribution >= 0.6 is 15.9 Å². The Kier molecular flexibility index (Phi) is 4.09. The first kappa shape index (κ1) is 13.2. The number of hydrogen-bond donors (Lipinski definition) is 1. The fourth-order valence-corrected chi connectivity index (χ4v) is 2.16. The Balaban J connectivity index is 2.22. The van der Waals surface area contributed by atoms with Gasteiger partial charge in [-0.15, -0.1) is 0 Å². The van der Waals surface area contributed by atoms with Gasteiger partial charge in [0.2, 0.25) is 0 Å². The lowest BCUT2D eigenvalue weighted by atomic mass is 10.0. The first-order valence-corrected chi connectivity index (χ1v) is 6.23. The maximum absolute atomic E-state index is 13.8. The maximum atomic E-state index is 13.8. The standard InChI is InChI=1S/C14H11BrF2O/c15-12-6-2-5-11(14(12)17)13(18)8-9-3-1-4-10(16)7-9/h1-7,13,18H,8H2. The molecule has 0 radical (unpaired) electrons. The van der Waals surface area contributed by atoms with Crippen molar-refractivity contribution in [2.75, 3.05) is 0 Å². The second-order valence-corrected chi connectivity index (χ2v) is 4.85. The second kappa shape index (κ2) is 5.59. The molecule has 1 nitrogen and oxygen atoms in total. The normalized spacial score (nSPS) is 12.4. The molecule has 1 N–H and O–H groups in total. The highest BCUT2D eigenvalue weighted by molar-refractivity contribution is 9.10. The van der Waals surface area contributed by atoms with Crippen molar-refractivity contribution in [1.82, 2.24) is 0 Å². The molecule has 0 aliphatic rings. The number of halogens is 3. The third kappa shape index (κ3) is 2.94. The van der Waals surface area contributed by atoms with Gasteiger partial charge in [-0.05, 0) is 39.7 Å². The minimum absolute atomic E-state index is 0.172. The minimum Gasteiger partial charge on any atom is -0.388 e. The molecule has 4 heteroatoms. The monoisotopic (exact) mass is 312 g/mol. The quantitative estimate of drug-likeness (QED) is 0.908. The van der Waals surface area contributed by atoms with Gasteiger partial charge in [-0.25, -0.2) is 8.78 Å². The molecule has 0 aliphatic carbocycles. The van der Waals surface area contributed by atoms with E-state index >= 15 is 0 Å². The SMILES string of the molecule is OC(Cc1cccc(F)c1)c1cccc(Br)c1F. The van der Waals surface area contributed by atoms with E-state index in [1.54, 1.807) is 24.3 Å². The fourth-order valence-electron chi connectivity index (χ4n) is 1.77. The summed E-state index contributed by atoms with van der Waals surface area (Å²) in [6.07, 6.45) is -0.824. The summed E-state index contributed by atoms with van der Waals surface area (Å²) in [6.45, 7) is 0. The van der Waals surface area contributed by atoms with Crippen LogP contribution in [-0.2, 0) is 6.42 Å². The lowest BCUT2D eigenvalue weighted by Crippen LogP contribution is -2.05. The number of benzene rings is 2. The summed E-state index contributed by atoms with van der Waals surface area (Å²) in [4.78, 5) is 0. The lowest BCUT2D eigenvalue weighted by molar-refractivity contribution is 0.173. The van der Waals surface area contributed by atoms with Crippen molar-refractivity contribution in [3.8, 4) is 0 Å². The average Bonchev–Trinajstić information content (AvgIpc) is 2.32. The van der Waals surface area contributed by atoms with Crippen LogP contribution < -0.4 is 0 Å². The van der Waals surface area contributed by atoms with Crippen molar-refractivity contribution < 1.29 is 13.9 Å². The van der Waals surface area contributed by atoms with Crippen LogP contribution in [0.3, 0.4) is 0 Å². The largest absolute Gasteiger partial charge is 0.388 e. The van der Waals surface area contributed by atoms with E-state index in [1.165, 1.54) is 18.2 Å². The zero-order chi connectivity index (χ0) is 13.1. The van der Waals surface area contributed by atoms with Crippen molar-refractivity contribution in [2.45, 2.75) is 12.5 Å². The van der Waals surface area contributed by atoms with Gasteiger partial charge in [0.15, 0.2) is 0 Å². The van der Waals surface area contributed by atoms with Crippen LogP contribution in [0.5, 0.6) is 0 Å². The highest BCUT2D eigenvalue weighted by Crippen LogP contribution is 2.26. The van der Waals surface area contributed by atoms with E-state index in [0.717, 1.165) is 0 Å². The summed E-state index contributed by atoms with van der Waals surface area (Å²) < 4.78 is 27.1. The summed E-state index contributed by atoms with van der Waals surface area (Å²) in [5.41, 5.74) is 0.829. The Labute approximate surface area is 112 Å². The van der Waals surface area contributed by atoms with Crippen LogP contribution in [-0.4, -0.2) is 5.11 Å². The molecular formula is C14H11BrF2O. The van der Waals surface area contributed by atoms with Crippen LogP contribution in [0.2, 0.25) is 0 Å². The molecule has 0 saturated carbocycles. The van der Waals surface area contributed by atoms with Gasteiger partial charge >= 0.3 is 0 Å². The van der Waals surface area contributed by atoms with E-state index in [1.807, 2.05) is 0 Å². The Hall–Kier alpha value is -1.26. The topological polar surface area (TPSA) is 20.2 Å². The zero-order valence-electron chi connectivity index (χ0n) is 9.41. The predicted molar refractivity (Wildman–Crippen MR) is 69.2 cm³/mol. The molecule has 18 heavy (non-hydrogen) atoms. The molecule has 0 bridgehead atoms. The summed E-state index contributed by atoms with van der Waals surface area (Å²) in [6, 6.07) is 10.7. The molecule has 1 atom stereocenters. The lowest BCUT2D eigenvalue weighted by Gasteiger charge is -2.12. The molecule has 2 aromatic carbocycles. The Morgan fingerprint density at radius 1 is 1.11 bits per heavy atom. The molecule has 0 aliphatic heterocycles. The maximum Gasteiger partial charge on any atom is 0.143 e. The van der Waals surface area contributed by atoms with Crippen LogP contribution in [0.15, 0.2) is 46.9 Å². The van der Waals surface area contributed by atoms with E-state index in [4.69, 9.17) is 0 Å². The Bertz CT molecular complexity index is 557. The molecule has 1 unspecified atom stereocenters. The number of rotatable bonds is 3.